The van der Waals surface area contributed by atoms with Gasteiger partial charge in [-0.3, -0.25) is 4.79 Å². The quantitative estimate of drug-likeness (QED) is 0.648. The van der Waals surface area contributed by atoms with E-state index in [1.165, 1.54) is 12.1 Å². The molecule has 0 aliphatic heterocycles. The van der Waals surface area contributed by atoms with E-state index in [9.17, 15) is 13.2 Å². The van der Waals surface area contributed by atoms with Gasteiger partial charge in [-0.05, 0) is 36.4 Å². The van der Waals surface area contributed by atoms with Crippen molar-refractivity contribution in [3.63, 3.8) is 0 Å². The maximum Gasteiger partial charge on any atom is 0.268 e. The summed E-state index contributed by atoms with van der Waals surface area (Å²) in [4.78, 5) is 12.7. The predicted molar refractivity (Wildman–Crippen MR) is 95.1 cm³/mol. The number of nitrogens with zero attached hydrogens (tertiary/aromatic N) is 1. The van der Waals surface area contributed by atoms with Gasteiger partial charge in [0.2, 0.25) is 0 Å². The Morgan fingerprint density at radius 3 is 2.33 bits per heavy atom. The van der Waals surface area contributed by atoms with Crippen LogP contribution >= 0.6 is 11.6 Å². The van der Waals surface area contributed by atoms with E-state index in [-0.39, 0.29) is 22.3 Å². The van der Waals surface area contributed by atoms with Gasteiger partial charge in [-0.1, -0.05) is 43.6 Å². The van der Waals surface area contributed by atoms with Gasteiger partial charge in [0.15, 0.2) is 5.78 Å². The van der Waals surface area contributed by atoms with Gasteiger partial charge in [-0.25, -0.2) is 12.4 Å². The highest BCUT2D eigenvalue weighted by molar-refractivity contribution is 7.90. The van der Waals surface area contributed by atoms with Crippen molar-refractivity contribution in [2.24, 2.45) is 5.92 Å². The van der Waals surface area contributed by atoms with Crippen LogP contribution in [0, 0.1) is 5.92 Å². The molecule has 124 valence electrons. The van der Waals surface area contributed by atoms with Crippen LogP contribution in [-0.2, 0) is 10.0 Å². The summed E-state index contributed by atoms with van der Waals surface area (Å²) in [6, 6.07) is 14.6. The highest BCUT2D eigenvalue weighted by Crippen LogP contribution is 2.29. The molecule has 0 unspecified atom stereocenters. The van der Waals surface area contributed by atoms with Crippen molar-refractivity contribution in [1.82, 2.24) is 3.97 Å². The Hall–Kier alpha value is -2.11. The number of ketones is 1. The first-order chi connectivity index (χ1) is 11.3. The third kappa shape index (κ3) is 2.74. The molecule has 1 aromatic heterocycles. The number of halogens is 1. The van der Waals surface area contributed by atoms with E-state index in [4.69, 9.17) is 11.6 Å². The Bertz CT molecular complexity index is 1020. The van der Waals surface area contributed by atoms with Gasteiger partial charge in [-0.15, -0.1) is 0 Å². The number of rotatable bonds is 4. The molecule has 3 aromatic rings. The number of benzene rings is 2. The standard InChI is InChI=1S/C18H16ClNO3S/c1-12(2)18(21)17-11-13-10-14(19)8-9-16(13)20(17)24(22,23)15-6-4-3-5-7-15/h3-12H,1-2H3. The average Bonchev–Trinajstić information content (AvgIpc) is 2.93. The molecular weight excluding hydrogens is 346 g/mol. The second kappa shape index (κ2) is 6.07. The van der Waals surface area contributed by atoms with Crippen molar-refractivity contribution >= 4 is 38.3 Å². The number of hydrogen-bond acceptors (Lipinski definition) is 3. The van der Waals surface area contributed by atoms with Crippen molar-refractivity contribution in [3.05, 3.63) is 65.3 Å². The maximum absolute atomic E-state index is 13.1. The van der Waals surface area contributed by atoms with Gasteiger partial charge >= 0.3 is 0 Å². The van der Waals surface area contributed by atoms with Crippen LogP contribution in [0.2, 0.25) is 5.02 Å². The zero-order valence-corrected chi connectivity index (χ0v) is 14.8. The normalized spacial score (nSPS) is 12.0. The van der Waals surface area contributed by atoms with Crippen molar-refractivity contribution in [3.8, 4) is 0 Å². The number of carbonyl (C=O) groups excluding carboxylic acids is 1. The number of carbonyl (C=O) groups is 1. The summed E-state index contributed by atoms with van der Waals surface area (Å²) in [5.74, 6) is -0.559. The first-order valence-electron chi connectivity index (χ1n) is 7.48. The minimum absolute atomic E-state index is 0.134. The monoisotopic (exact) mass is 361 g/mol. The first kappa shape index (κ1) is 16.7. The summed E-state index contributed by atoms with van der Waals surface area (Å²) in [6.07, 6.45) is 0. The number of fused-ring (bicyclic) bond motifs is 1. The van der Waals surface area contributed by atoms with Crippen molar-refractivity contribution in [1.29, 1.82) is 0 Å². The minimum Gasteiger partial charge on any atom is -0.292 e. The molecule has 6 heteroatoms. The lowest BCUT2D eigenvalue weighted by atomic mass is 10.1. The Kier molecular flexibility index (Phi) is 4.24. The lowest BCUT2D eigenvalue weighted by molar-refractivity contribution is 0.0933. The van der Waals surface area contributed by atoms with Crippen LogP contribution in [0.3, 0.4) is 0 Å². The van der Waals surface area contributed by atoms with Gasteiger partial charge in [0.25, 0.3) is 10.0 Å². The molecule has 0 amide bonds. The molecule has 24 heavy (non-hydrogen) atoms. The third-order valence-corrected chi connectivity index (χ3v) is 5.75. The zero-order valence-electron chi connectivity index (χ0n) is 13.2. The third-order valence-electron chi connectivity index (χ3n) is 3.78. The van der Waals surface area contributed by atoms with E-state index in [0.29, 0.717) is 15.9 Å². The molecule has 0 spiro atoms. The van der Waals surface area contributed by atoms with Crippen LogP contribution in [0.15, 0.2) is 59.5 Å². The Morgan fingerprint density at radius 1 is 1.04 bits per heavy atom. The Balaban J connectivity index is 2.37. The van der Waals surface area contributed by atoms with Crippen molar-refractivity contribution < 1.29 is 13.2 Å². The van der Waals surface area contributed by atoms with Gasteiger partial charge in [0, 0.05) is 16.3 Å². The fourth-order valence-corrected chi connectivity index (χ4v) is 4.30. The molecule has 0 N–H and O–H groups in total. The summed E-state index contributed by atoms with van der Waals surface area (Å²) in [5.41, 5.74) is 0.582. The van der Waals surface area contributed by atoms with E-state index >= 15 is 0 Å². The summed E-state index contributed by atoms with van der Waals surface area (Å²) < 4.78 is 27.4. The Labute approximate surface area is 145 Å². The highest BCUT2D eigenvalue weighted by Gasteiger charge is 2.27. The van der Waals surface area contributed by atoms with Gasteiger partial charge < -0.3 is 0 Å². The molecule has 0 fully saturated rings. The first-order valence-corrected chi connectivity index (χ1v) is 9.30. The fourth-order valence-electron chi connectivity index (χ4n) is 2.59. The molecule has 0 aliphatic carbocycles. The lowest BCUT2D eigenvalue weighted by Crippen LogP contribution is -2.20. The Morgan fingerprint density at radius 2 is 1.71 bits per heavy atom. The molecule has 0 aliphatic rings. The topological polar surface area (TPSA) is 56.1 Å². The molecule has 4 nitrogen and oxygen atoms in total. The molecule has 1 heterocycles. The van der Waals surface area contributed by atoms with Crippen LogP contribution in [0.5, 0.6) is 0 Å². The van der Waals surface area contributed by atoms with Crippen LogP contribution in [-0.4, -0.2) is 18.2 Å². The molecule has 0 saturated carbocycles. The van der Waals surface area contributed by atoms with Crippen LogP contribution in [0.4, 0.5) is 0 Å². The van der Waals surface area contributed by atoms with E-state index in [1.54, 1.807) is 56.3 Å². The highest BCUT2D eigenvalue weighted by atomic mass is 35.5. The van der Waals surface area contributed by atoms with E-state index in [2.05, 4.69) is 0 Å². The SMILES string of the molecule is CC(C)C(=O)c1cc2cc(Cl)ccc2n1S(=O)(=O)c1ccccc1. The van der Waals surface area contributed by atoms with E-state index < -0.39 is 10.0 Å². The molecule has 0 radical (unpaired) electrons. The lowest BCUT2D eigenvalue weighted by Gasteiger charge is -2.12. The minimum atomic E-state index is -3.89. The molecule has 0 bridgehead atoms. The average molecular weight is 362 g/mol. The van der Waals surface area contributed by atoms with Crippen LogP contribution in [0.1, 0.15) is 24.3 Å². The van der Waals surface area contributed by atoms with Gasteiger partial charge in [-0.2, -0.15) is 0 Å². The number of aromatic nitrogens is 1. The predicted octanol–water partition coefficient (Wildman–Crippen LogP) is 4.37. The van der Waals surface area contributed by atoms with Crippen molar-refractivity contribution in [2.75, 3.05) is 0 Å². The summed E-state index contributed by atoms with van der Waals surface area (Å²) in [5, 5.41) is 1.10. The van der Waals surface area contributed by atoms with Gasteiger partial charge in [0.05, 0.1) is 10.4 Å². The second-order valence-corrected chi connectivity index (χ2v) is 8.06. The number of Topliss-reactive ketones (excluding diaryl/α,β-unsaturated/α-hetero) is 1. The molecule has 2 aromatic carbocycles. The fraction of sp³-hybridized carbons (Fsp3) is 0.167. The van der Waals surface area contributed by atoms with E-state index in [1.807, 2.05) is 0 Å². The smallest absolute Gasteiger partial charge is 0.268 e. The van der Waals surface area contributed by atoms with E-state index in [0.717, 1.165) is 3.97 Å². The largest absolute Gasteiger partial charge is 0.292 e. The second-order valence-electron chi connectivity index (χ2n) is 5.83. The summed E-state index contributed by atoms with van der Waals surface area (Å²) in [6.45, 7) is 3.49. The zero-order chi connectivity index (χ0) is 17.5. The summed E-state index contributed by atoms with van der Waals surface area (Å²) >= 11 is 6.01. The molecule has 0 saturated heterocycles. The molecular formula is C18H16ClNO3S. The maximum atomic E-state index is 13.1. The molecule has 0 atom stereocenters. The summed E-state index contributed by atoms with van der Waals surface area (Å²) in [7, 11) is -3.89. The van der Waals surface area contributed by atoms with Crippen LogP contribution in [0.25, 0.3) is 10.9 Å². The molecule has 3 rings (SSSR count). The number of hydrogen-bond donors (Lipinski definition) is 0. The van der Waals surface area contributed by atoms with Crippen molar-refractivity contribution in [2.45, 2.75) is 18.7 Å². The van der Waals surface area contributed by atoms with Gasteiger partial charge in [0.1, 0.15) is 5.69 Å². The van der Waals surface area contributed by atoms with Crippen LogP contribution < -0.4 is 0 Å².